The second-order valence-electron chi connectivity index (χ2n) is 5.66. The summed E-state index contributed by atoms with van der Waals surface area (Å²) in [5.41, 5.74) is 3.74. The number of ether oxygens (including phenoxy) is 3. The molecule has 2 rings (SSSR count). The quantitative estimate of drug-likeness (QED) is 0.371. The van der Waals surface area contributed by atoms with Crippen molar-refractivity contribution in [2.24, 2.45) is 5.10 Å². The standard InChI is InChI=1S/C20H22Br2N2O4/c1-4-8-28-17-7-6-14(11-18(17)27-5-2)20(25)24-23-12-13-9-15(21)19(26-3)16(22)10-13/h6-7,9-12H,4-5,8H2,1-3H3,(H,24,25)/b23-12+. The molecule has 2 aromatic carbocycles. The highest BCUT2D eigenvalue weighted by atomic mass is 79.9. The van der Waals surface area contributed by atoms with Crippen LogP contribution in [0, 0.1) is 0 Å². The number of hydrazone groups is 1. The maximum absolute atomic E-state index is 12.4. The zero-order chi connectivity index (χ0) is 20.5. The summed E-state index contributed by atoms with van der Waals surface area (Å²) in [6.45, 7) is 4.97. The third kappa shape index (κ3) is 5.97. The Labute approximate surface area is 181 Å². The largest absolute Gasteiger partial charge is 0.494 e. The van der Waals surface area contributed by atoms with E-state index >= 15 is 0 Å². The van der Waals surface area contributed by atoms with E-state index in [-0.39, 0.29) is 5.91 Å². The normalized spacial score (nSPS) is 10.8. The number of carbonyl (C=O) groups excluding carboxylic acids is 1. The summed E-state index contributed by atoms with van der Waals surface area (Å²) in [4.78, 5) is 12.4. The fourth-order valence-corrected chi connectivity index (χ4v) is 3.87. The van der Waals surface area contributed by atoms with E-state index in [9.17, 15) is 4.79 Å². The van der Waals surface area contributed by atoms with Crippen molar-refractivity contribution < 1.29 is 19.0 Å². The number of halogens is 2. The van der Waals surface area contributed by atoms with Crippen LogP contribution in [0.15, 0.2) is 44.4 Å². The van der Waals surface area contributed by atoms with E-state index in [4.69, 9.17) is 14.2 Å². The van der Waals surface area contributed by atoms with Crippen molar-refractivity contribution in [3.05, 3.63) is 50.4 Å². The lowest BCUT2D eigenvalue weighted by molar-refractivity contribution is 0.0954. The van der Waals surface area contributed by atoms with E-state index in [0.29, 0.717) is 36.0 Å². The number of nitrogens with zero attached hydrogens (tertiary/aromatic N) is 1. The molecule has 0 spiro atoms. The smallest absolute Gasteiger partial charge is 0.271 e. The highest BCUT2D eigenvalue weighted by Gasteiger charge is 2.11. The van der Waals surface area contributed by atoms with Crippen LogP contribution >= 0.6 is 31.9 Å². The molecule has 0 saturated carbocycles. The van der Waals surface area contributed by atoms with E-state index in [1.807, 2.05) is 26.0 Å². The molecule has 8 heteroatoms. The molecule has 0 aliphatic heterocycles. The molecule has 0 aliphatic rings. The molecule has 0 fully saturated rings. The Hall–Kier alpha value is -2.06. The van der Waals surface area contributed by atoms with Gasteiger partial charge in [0.05, 0.1) is 35.5 Å². The fourth-order valence-electron chi connectivity index (χ4n) is 2.33. The predicted molar refractivity (Wildman–Crippen MR) is 117 cm³/mol. The van der Waals surface area contributed by atoms with Crippen LogP contribution in [0.3, 0.4) is 0 Å². The van der Waals surface area contributed by atoms with Crippen molar-refractivity contribution >= 4 is 44.0 Å². The van der Waals surface area contributed by atoms with Crippen molar-refractivity contribution in [3.8, 4) is 17.2 Å². The number of hydrogen-bond acceptors (Lipinski definition) is 5. The Morgan fingerprint density at radius 2 is 1.82 bits per heavy atom. The second kappa shape index (κ2) is 11.1. The monoisotopic (exact) mass is 512 g/mol. The second-order valence-corrected chi connectivity index (χ2v) is 7.37. The van der Waals surface area contributed by atoms with Crippen molar-refractivity contribution in [1.82, 2.24) is 5.43 Å². The van der Waals surface area contributed by atoms with Gasteiger partial charge in [0.2, 0.25) is 0 Å². The van der Waals surface area contributed by atoms with Crippen molar-refractivity contribution in [2.45, 2.75) is 20.3 Å². The van der Waals surface area contributed by atoms with Crippen LogP contribution in [0.2, 0.25) is 0 Å². The first-order valence-electron chi connectivity index (χ1n) is 8.76. The number of amides is 1. The number of methoxy groups -OCH3 is 1. The molecule has 0 aromatic heterocycles. The van der Waals surface area contributed by atoms with Gasteiger partial charge in [0.1, 0.15) is 5.75 Å². The summed E-state index contributed by atoms with van der Waals surface area (Å²) in [5, 5.41) is 4.02. The maximum atomic E-state index is 12.4. The van der Waals surface area contributed by atoms with Gasteiger partial charge in [0.25, 0.3) is 5.91 Å². The van der Waals surface area contributed by atoms with E-state index in [1.54, 1.807) is 31.5 Å². The van der Waals surface area contributed by atoms with Crippen molar-refractivity contribution in [2.75, 3.05) is 20.3 Å². The number of benzene rings is 2. The molecule has 0 radical (unpaired) electrons. The molecule has 0 bridgehead atoms. The number of rotatable bonds is 9. The minimum Gasteiger partial charge on any atom is -0.494 e. The van der Waals surface area contributed by atoms with Gasteiger partial charge in [-0.05, 0) is 81.1 Å². The maximum Gasteiger partial charge on any atom is 0.271 e. The molecular weight excluding hydrogens is 492 g/mol. The summed E-state index contributed by atoms with van der Waals surface area (Å²) in [6.07, 6.45) is 2.44. The first-order chi connectivity index (χ1) is 13.5. The summed E-state index contributed by atoms with van der Waals surface area (Å²) in [6, 6.07) is 8.74. The molecule has 0 unspecified atom stereocenters. The van der Waals surface area contributed by atoms with Gasteiger partial charge in [-0.25, -0.2) is 5.43 Å². The molecule has 28 heavy (non-hydrogen) atoms. The lowest BCUT2D eigenvalue weighted by Gasteiger charge is -2.12. The SMILES string of the molecule is CCCOc1ccc(C(=O)N/N=C/c2cc(Br)c(OC)c(Br)c2)cc1OCC. The summed E-state index contributed by atoms with van der Waals surface area (Å²) < 4.78 is 18.1. The first-order valence-corrected chi connectivity index (χ1v) is 10.3. The number of nitrogens with one attached hydrogen (secondary N) is 1. The lowest BCUT2D eigenvalue weighted by Crippen LogP contribution is -2.17. The van der Waals surface area contributed by atoms with E-state index < -0.39 is 0 Å². The molecule has 6 nitrogen and oxygen atoms in total. The number of carbonyl (C=O) groups is 1. The molecule has 0 saturated heterocycles. The molecule has 0 heterocycles. The van der Waals surface area contributed by atoms with Crippen LogP contribution in [0.25, 0.3) is 0 Å². The summed E-state index contributed by atoms with van der Waals surface area (Å²) in [7, 11) is 1.59. The summed E-state index contributed by atoms with van der Waals surface area (Å²) in [5.74, 6) is 1.51. The fraction of sp³-hybridized carbons (Fsp3) is 0.300. The zero-order valence-electron chi connectivity index (χ0n) is 15.9. The molecule has 2 aromatic rings. The van der Waals surface area contributed by atoms with Gasteiger partial charge in [0, 0.05) is 5.56 Å². The lowest BCUT2D eigenvalue weighted by atomic mass is 10.2. The molecule has 0 aliphatic carbocycles. The minimum absolute atomic E-state index is 0.342. The highest BCUT2D eigenvalue weighted by molar-refractivity contribution is 9.11. The van der Waals surface area contributed by atoms with Gasteiger partial charge in [-0.15, -0.1) is 0 Å². The average molecular weight is 514 g/mol. The molecule has 1 N–H and O–H groups in total. The van der Waals surface area contributed by atoms with Crippen LogP contribution in [0.4, 0.5) is 0 Å². The number of hydrogen-bond donors (Lipinski definition) is 1. The van der Waals surface area contributed by atoms with E-state index in [2.05, 4.69) is 42.4 Å². The van der Waals surface area contributed by atoms with Gasteiger partial charge in [-0.1, -0.05) is 6.92 Å². The molecule has 150 valence electrons. The van der Waals surface area contributed by atoms with Gasteiger partial charge in [-0.2, -0.15) is 5.10 Å². The first kappa shape index (κ1) is 22.2. The Balaban J connectivity index is 2.10. The van der Waals surface area contributed by atoms with E-state index in [0.717, 1.165) is 20.9 Å². The molecule has 1 amide bonds. The Bertz CT molecular complexity index is 833. The highest BCUT2D eigenvalue weighted by Crippen LogP contribution is 2.34. The molecule has 0 atom stereocenters. The van der Waals surface area contributed by atoms with Gasteiger partial charge in [-0.3, -0.25) is 4.79 Å². The zero-order valence-corrected chi connectivity index (χ0v) is 19.1. The van der Waals surface area contributed by atoms with Gasteiger partial charge >= 0.3 is 0 Å². The molecular formula is C20H22Br2N2O4. The summed E-state index contributed by atoms with van der Waals surface area (Å²) >= 11 is 6.87. The Kier molecular flexibility index (Phi) is 8.79. The van der Waals surface area contributed by atoms with Crippen LogP contribution in [-0.2, 0) is 0 Å². The topological polar surface area (TPSA) is 69.2 Å². The third-order valence-corrected chi connectivity index (χ3v) is 4.75. The van der Waals surface area contributed by atoms with Gasteiger partial charge in [0.15, 0.2) is 11.5 Å². The van der Waals surface area contributed by atoms with Crippen molar-refractivity contribution in [1.29, 1.82) is 0 Å². The van der Waals surface area contributed by atoms with Crippen LogP contribution in [-0.4, -0.2) is 32.4 Å². The van der Waals surface area contributed by atoms with Crippen LogP contribution < -0.4 is 19.6 Å². The average Bonchev–Trinajstić information content (AvgIpc) is 2.67. The Morgan fingerprint density at radius 1 is 1.11 bits per heavy atom. The van der Waals surface area contributed by atoms with Crippen molar-refractivity contribution in [3.63, 3.8) is 0 Å². The minimum atomic E-state index is -0.342. The van der Waals surface area contributed by atoms with Crippen LogP contribution in [0.1, 0.15) is 36.2 Å². The Morgan fingerprint density at radius 3 is 2.43 bits per heavy atom. The van der Waals surface area contributed by atoms with Gasteiger partial charge < -0.3 is 14.2 Å². The third-order valence-electron chi connectivity index (χ3n) is 3.57. The van der Waals surface area contributed by atoms with E-state index in [1.165, 1.54) is 0 Å². The predicted octanol–water partition coefficient (Wildman–Crippen LogP) is 5.17. The van der Waals surface area contributed by atoms with Crippen LogP contribution in [0.5, 0.6) is 17.2 Å².